The van der Waals surface area contributed by atoms with Crippen LogP contribution >= 0.6 is 35.6 Å². The topological polar surface area (TPSA) is 61.4 Å². The van der Waals surface area contributed by atoms with E-state index in [4.69, 9.17) is 23.2 Å². The number of halogens is 3. The van der Waals surface area contributed by atoms with Gasteiger partial charge in [-0.3, -0.25) is 9.59 Å². The molecule has 0 spiro atoms. The zero-order chi connectivity index (χ0) is 17.7. The molecule has 1 saturated heterocycles. The molecular formula is C17H24Cl3N3O2. The quantitative estimate of drug-likeness (QED) is 0.760. The van der Waals surface area contributed by atoms with Gasteiger partial charge in [0.15, 0.2) is 0 Å². The Labute approximate surface area is 164 Å². The zero-order valence-corrected chi connectivity index (χ0v) is 16.7. The Kier molecular flexibility index (Phi) is 9.00. The third kappa shape index (κ3) is 5.48. The van der Waals surface area contributed by atoms with Crippen molar-refractivity contribution in [2.24, 2.45) is 0 Å². The van der Waals surface area contributed by atoms with E-state index in [9.17, 15) is 9.59 Å². The summed E-state index contributed by atoms with van der Waals surface area (Å²) in [5.41, 5.74) is 0.272. The molecule has 0 saturated carbocycles. The molecule has 8 heteroatoms. The van der Waals surface area contributed by atoms with Crippen molar-refractivity contribution in [1.29, 1.82) is 0 Å². The molecule has 0 aliphatic carbocycles. The van der Waals surface area contributed by atoms with Gasteiger partial charge in [-0.15, -0.1) is 12.4 Å². The molecule has 2 rings (SSSR count). The lowest BCUT2D eigenvalue weighted by Gasteiger charge is -2.31. The predicted octanol–water partition coefficient (Wildman–Crippen LogP) is 3.13. The first-order valence-corrected chi connectivity index (χ1v) is 8.97. The van der Waals surface area contributed by atoms with Gasteiger partial charge in [-0.1, -0.05) is 36.2 Å². The van der Waals surface area contributed by atoms with Gasteiger partial charge < -0.3 is 15.5 Å². The van der Waals surface area contributed by atoms with E-state index in [0.29, 0.717) is 11.6 Å². The van der Waals surface area contributed by atoms with E-state index in [1.165, 1.54) is 0 Å². The molecule has 0 aromatic heterocycles. The lowest BCUT2D eigenvalue weighted by atomic mass is 10.1. The maximum Gasteiger partial charge on any atom is 0.253 e. The minimum Gasteiger partial charge on any atom is -0.340 e. The van der Waals surface area contributed by atoms with Crippen LogP contribution in [0.25, 0.3) is 0 Å². The second kappa shape index (κ2) is 10.2. The van der Waals surface area contributed by atoms with E-state index < -0.39 is 11.9 Å². The van der Waals surface area contributed by atoms with E-state index >= 15 is 0 Å². The van der Waals surface area contributed by atoms with Crippen molar-refractivity contribution in [3.05, 3.63) is 33.8 Å². The van der Waals surface area contributed by atoms with E-state index in [-0.39, 0.29) is 34.9 Å². The van der Waals surface area contributed by atoms with Crippen LogP contribution in [0.5, 0.6) is 0 Å². The average Bonchev–Trinajstić information content (AvgIpc) is 3.08. The summed E-state index contributed by atoms with van der Waals surface area (Å²) >= 11 is 12.0. The second-order valence-electron chi connectivity index (χ2n) is 5.97. The zero-order valence-electron chi connectivity index (χ0n) is 14.4. The minimum atomic E-state index is -0.625. The van der Waals surface area contributed by atoms with Crippen molar-refractivity contribution < 1.29 is 9.59 Å². The van der Waals surface area contributed by atoms with Crippen LogP contribution in [0.4, 0.5) is 0 Å². The Morgan fingerprint density at radius 3 is 2.72 bits per heavy atom. The summed E-state index contributed by atoms with van der Waals surface area (Å²) in [4.78, 5) is 27.0. The van der Waals surface area contributed by atoms with Crippen LogP contribution in [0, 0.1) is 0 Å². The Hall–Kier alpha value is -1.01. The van der Waals surface area contributed by atoms with Gasteiger partial charge in [0.05, 0.1) is 15.6 Å². The monoisotopic (exact) mass is 407 g/mol. The number of nitrogens with one attached hydrogen (secondary N) is 2. The van der Waals surface area contributed by atoms with E-state index in [1.54, 1.807) is 25.1 Å². The molecule has 1 aromatic rings. The smallest absolute Gasteiger partial charge is 0.253 e. The first-order chi connectivity index (χ1) is 11.5. The molecule has 1 aliphatic heterocycles. The summed E-state index contributed by atoms with van der Waals surface area (Å²) in [6, 6.07) is 4.42. The molecule has 1 heterocycles. The Morgan fingerprint density at radius 2 is 2.12 bits per heavy atom. The van der Waals surface area contributed by atoms with E-state index in [2.05, 4.69) is 10.6 Å². The second-order valence-corrected chi connectivity index (χ2v) is 6.76. The van der Waals surface area contributed by atoms with Crippen LogP contribution in [0.2, 0.25) is 10.0 Å². The molecule has 1 fully saturated rings. The van der Waals surface area contributed by atoms with Gasteiger partial charge in [-0.05, 0) is 38.4 Å². The highest BCUT2D eigenvalue weighted by Gasteiger charge is 2.30. The number of hydrogen-bond acceptors (Lipinski definition) is 3. The van der Waals surface area contributed by atoms with Crippen LogP contribution in [-0.2, 0) is 4.79 Å². The standard InChI is InChI=1S/C17H23Cl2N3O2.ClH/c1-3-9-22(12-7-8-20-10-12)17(24)11(2)21-16(23)13-5-4-6-14(18)15(13)19;/h4-6,11-12,20H,3,7-10H2,1-2H3,(H,21,23);1H. The Balaban J connectivity index is 0.00000312. The molecule has 1 aliphatic rings. The molecule has 140 valence electrons. The molecule has 0 bridgehead atoms. The number of amides is 2. The van der Waals surface area contributed by atoms with Gasteiger partial charge in [-0.2, -0.15) is 0 Å². The molecule has 0 radical (unpaired) electrons. The van der Waals surface area contributed by atoms with Crippen LogP contribution in [0.3, 0.4) is 0 Å². The predicted molar refractivity (Wildman–Crippen MR) is 104 cm³/mol. The highest BCUT2D eigenvalue weighted by Crippen LogP contribution is 2.25. The molecule has 5 nitrogen and oxygen atoms in total. The van der Waals surface area contributed by atoms with Crippen molar-refractivity contribution in [3.8, 4) is 0 Å². The minimum absolute atomic E-state index is 0. The lowest BCUT2D eigenvalue weighted by Crippen LogP contribution is -2.51. The van der Waals surface area contributed by atoms with E-state index in [0.717, 1.165) is 25.9 Å². The first-order valence-electron chi connectivity index (χ1n) is 8.21. The molecular weight excluding hydrogens is 385 g/mol. The lowest BCUT2D eigenvalue weighted by molar-refractivity contribution is -0.134. The first kappa shape index (κ1) is 22.0. The summed E-state index contributed by atoms with van der Waals surface area (Å²) in [5, 5.41) is 6.51. The molecule has 25 heavy (non-hydrogen) atoms. The van der Waals surface area contributed by atoms with Gasteiger partial charge in [0.25, 0.3) is 5.91 Å². The highest BCUT2D eigenvalue weighted by molar-refractivity contribution is 6.43. The number of nitrogens with zero attached hydrogens (tertiary/aromatic N) is 1. The molecule has 1 aromatic carbocycles. The van der Waals surface area contributed by atoms with E-state index in [1.807, 2.05) is 11.8 Å². The SMILES string of the molecule is CCCN(C(=O)C(C)NC(=O)c1cccc(Cl)c1Cl)C1CCNC1.Cl. The number of rotatable bonds is 6. The normalized spacial score (nSPS) is 17.5. The fourth-order valence-corrected chi connectivity index (χ4v) is 3.27. The highest BCUT2D eigenvalue weighted by atomic mass is 35.5. The number of benzene rings is 1. The van der Waals surface area contributed by atoms with Gasteiger partial charge in [0.2, 0.25) is 5.91 Å². The number of hydrogen-bond donors (Lipinski definition) is 2. The van der Waals surface area contributed by atoms with Crippen molar-refractivity contribution in [2.75, 3.05) is 19.6 Å². The third-order valence-electron chi connectivity index (χ3n) is 4.14. The number of carbonyl (C=O) groups is 2. The van der Waals surface area contributed by atoms with Crippen LogP contribution in [0.1, 0.15) is 37.0 Å². The maximum absolute atomic E-state index is 12.8. The average molecular weight is 409 g/mol. The summed E-state index contributed by atoms with van der Waals surface area (Å²) in [7, 11) is 0. The molecule has 2 atom stereocenters. The van der Waals surface area contributed by atoms with Crippen LogP contribution < -0.4 is 10.6 Å². The summed E-state index contributed by atoms with van der Waals surface area (Å²) in [6.07, 6.45) is 1.82. The fourth-order valence-electron chi connectivity index (χ4n) is 2.88. The summed E-state index contributed by atoms with van der Waals surface area (Å²) in [5.74, 6) is -0.471. The fraction of sp³-hybridized carbons (Fsp3) is 0.529. The van der Waals surface area contributed by atoms with Gasteiger partial charge in [0, 0.05) is 19.1 Å². The summed E-state index contributed by atoms with van der Waals surface area (Å²) < 4.78 is 0. The van der Waals surface area contributed by atoms with Gasteiger partial charge in [0.1, 0.15) is 6.04 Å². The van der Waals surface area contributed by atoms with Gasteiger partial charge >= 0.3 is 0 Å². The van der Waals surface area contributed by atoms with Gasteiger partial charge in [-0.25, -0.2) is 0 Å². The van der Waals surface area contributed by atoms with Crippen molar-refractivity contribution in [1.82, 2.24) is 15.5 Å². The summed E-state index contributed by atoms with van der Waals surface area (Å²) in [6.45, 7) is 6.13. The Bertz CT molecular complexity index is 607. The largest absolute Gasteiger partial charge is 0.340 e. The maximum atomic E-state index is 12.8. The molecule has 2 N–H and O–H groups in total. The Morgan fingerprint density at radius 1 is 1.40 bits per heavy atom. The van der Waals surface area contributed by atoms with Crippen LogP contribution in [0.15, 0.2) is 18.2 Å². The van der Waals surface area contributed by atoms with Crippen molar-refractivity contribution in [2.45, 2.75) is 38.8 Å². The van der Waals surface area contributed by atoms with Crippen LogP contribution in [-0.4, -0.2) is 48.4 Å². The molecule has 2 amide bonds. The van der Waals surface area contributed by atoms with Crippen molar-refractivity contribution in [3.63, 3.8) is 0 Å². The third-order valence-corrected chi connectivity index (χ3v) is 4.96. The van der Waals surface area contributed by atoms with Crippen molar-refractivity contribution >= 4 is 47.4 Å². The molecule has 2 unspecified atom stereocenters. The number of carbonyl (C=O) groups excluding carboxylic acids is 2.